The Morgan fingerprint density at radius 2 is 1.94 bits per heavy atom. The number of aryl methyl sites for hydroxylation is 1. The van der Waals surface area contributed by atoms with E-state index in [9.17, 15) is 14.7 Å². The lowest BCUT2D eigenvalue weighted by Crippen LogP contribution is -2.54. The van der Waals surface area contributed by atoms with Crippen LogP contribution in [0.1, 0.15) is 27.9 Å². The molecule has 2 atom stereocenters. The van der Waals surface area contributed by atoms with E-state index in [0.29, 0.717) is 18.7 Å². The van der Waals surface area contributed by atoms with E-state index >= 15 is 0 Å². The Morgan fingerprint density at radius 1 is 1.21 bits per heavy atom. The third-order valence-corrected chi connectivity index (χ3v) is 6.17. The van der Waals surface area contributed by atoms with Crippen molar-refractivity contribution in [3.05, 3.63) is 71.8 Å². The molecular formula is C26H28N2O6. The highest BCUT2D eigenvalue weighted by atomic mass is 16.6. The molecule has 2 aliphatic rings. The average Bonchev–Trinajstić information content (AvgIpc) is 2.94. The molecule has 2 aromatic carbocycles. The molecule has 2 aromatic rings. The van der Waals surface area contributed by atoms with Crippen molar-refractivity contribution in [3.8, 4) is 11.5 Å². The van der Waals surface area contributed by atoms with Gasteiger partial charge in [0.25, 0.3) is 5.91 Å². The average molecular weight is 465 g/mol. The number of ether oxygens (including phenoxy) is 3. The van der Waals surface area contributed by atoms with Crippen molar-refractivity contribution < 1.29 is 28.9 Å². The standard InChI is InChI=1S/C26H28N2O6/c1-5-12-34-26(31)28-21-13-16(2)23(33-4)15-20(21)24(29)27-11-10-18(14-22(27)25(28)30)17-6-8-19(32-3)9-7-17/h5-9,13-15,22,25,30H,1,10-12H2,2-4H3/t22-,25?/m0/s1. The van der Waals surface area contributed by atoms with Crippen LogP contribution in [0.3, 0.4) is 0 Å². The maximum absolute atomic E-state index is 13.6. The van der Waals surface area contributed by atoms with Gasteiger partial charge >= 0.3 is 6.09 Å². The Balaban J connectivity index is 1.81. The zero-order valence-corrected chi connectivity index (χ0v) is 19.5. The van der Waals surface area contributed by atoms with Crippen molar-refractivity contribution in [1.29, 1.82) is 0 Å². The minimum absolute atomic E-state index is 0.0260. The van der Waals surface area contributed by atoms with Crippen LogP contribution in [0.15, 0.2) is 55.1 Å². The van der Waals surface area contributed by atoms with Gasteiger partial charge in [-0.3, -0.25) is 4.79 Å². The number of benzene rings is 2. The molecule has 1 unspecified atom stereocenters. The number of anilines is 1. The van der Waals surface area contributed by atoms with Gasteiger partial charge in [0.2, 0.25) is 0 Å². The first-order chi connectivity index (χ1) is 16.4. The summed E-state index contributed by atoms with van der Waals surface area (Å²) in [6.45, 7) is 5.74. The van der Waals surface area contributed by atoms with E-state index in [2.05, 4.69) is 6.58 Å². The Kier molecular flexibility index (Phi) is 6.61. The van der Waals surface area contributed by atoms with Crippen LogP contribution in [-0.2, 0) is 4.74 Å². The van der Waals surface area contributed by atoms with Crippen LogP contribution in [0.5, 0.6) is 11.5 Å². The van der Waals surface area contributed by atoms with Crippen molar-refractivity contribution in [1.82, 2.24) is 4.90 Å². The largest absolute Gasteiger partial charge is 0.497 e. The van der Waals surface area contributed by atoms with Gasteiger partial charge in [-0.15, -0.1) is 0 Å². The monoisotopic (exact) mass is 464 g/mol. The van der Waals surface area contributed by atoms with Gasteiger partial charge in [-0.05, 0) is 54.3 Å². The maximum Gasteiger partial charge on any atom is 0.416 e. The van der Waals surface area contributed by atoms with Gasteiger partial charge in [-0.25, -0.2) is 9.69 Å². The van der Waals surface area contributed by atoms with E-state index in [1.807, 2.05) is 37.3 Å². The fraction of sp³-hybridized carbons (Fsp3) is 0.308. The van der Waals surface area contributed by atoms with Crippen molar-refractivity contribution >= 4 is 23.3 Å². The minimum Gasteiger partial charge on any atom is -0.497 e. The molecule has 0 bridgehead atoms. The molecule has 2 amide bonds. The lowest BCUT2D eigenvalue weighted by molar-refractivity contribution is 0.0476. The number of rotatable bonds is 5. The smallest absolute Gasteiger partial charge is 0.416 e. The van der Waals surface area contributed by atoms with E-state index < -0.39 is 18.4 Å². The Bertz CT molecular complexity index is 1140. The number of methoxy groups -OCH3 is 2. The van der Waals surface area contributed by atoms with Crippen LogP contribution < -0.4 is 14.4 Å². The predicted octanol–water partition coefficient (Wildman–Crippen LogP) is 3.77. The van der Waals surface area contributed by atoms with Gasteiger partial charge in [-0.2, -0.15) is 0 Å². The van der Waals surface area contributed by atoms with E-state index in [1.165, 1.54) is 13.2 Å². The van der Waals surface area contributed by atoms with Crippen LogP contribution in [-0.4, -0.2) is 61.6 Å². The summed E-state index contributed by atoms with van der Waals surface area (Å²) in [5.74, 6) is 0.967. The van der Waals surface area contributed by atoms with Gasteiger partial charge in [0, 0.05) is 6.54 Å². The van der Waals surface area contributed by atoms with Gasteiger partial charge in [0.1, 0.15) is 18.1 Å². The Labute approximate surface area is 198 Å². The zero-order valence-electron chi connectivity index (χ0n) is 19.5. The third-order valence-electron chi connectivity index (χ3n) is 6.17. The Hall–Kier alpha value is -3.78. The summed E-state index contributed by atoms with van der Waals surface area (Å²) in [4.78, 5) is 29.4. The van der Waals surface area contributed by atoms with Crippen molar-refractivity contribution in [2.75, 3.05) is 32.3 Å². The molecule has 0 aromatic heterocycles. The van der Waals surface area contributed by atoms with Crippen LogP contribution >= 0.6 is 0 Å². The molecule has 2 heterocycles. The van der Waals surface area contributed by atoms with Gasteiger partial charge < -0.3 is 24.2 Å². The van der Waals surface area contributed by atoms with Gasteiger partial charge in [-0.1, -0.05) is 30.9 Å². The highest BCUT2D eigenvalue weighted by Gasteiger charge is 2.43. The van der Waals surface area contributed by atoms with Crippen molar-refractivity contribution in [3.63, 3.8) is 0 Å². The molecule has 0 saturated heterocycles. The molecule has 34 heavy (non-hydrogen) atoms. The number of amides is 2. The summed E-state index contributed by atoms with van der Waals surface area (Å²) in [7, 11) is 3.13. The summed E-state index contributed by atoms with van der Waals surface area (Å²) >= 11 is 0. The van der Waals surface area contributed by atoms with E-state index in [0.717, 1.165) is 27.3 Å². The van der Waals surface area contributed by atoms with Gasteiger partial charge in [0.15, 0.2) is 6.23 Å². The van der Waals surface area contributed by atoms with Crippen LogP contribution in [0.4, 0.5) is 10.5 Å². The SMILES string of the molecule is C=CCOC(=O)N1c2cc(C)c(OC)cc2C(=O)N2CCC(c3ccc(OC)cc3)=C[C@H]2C1O. The van der Waals surface area contributed by atoms with E-state index in [-0.39, 0.29) is 23.8 Å². The molecule has 0 saturated carbocycles. The molecule has 8 nitrogen and oxygen atoms in total. The first-order valence-corrected chi connectivity index (χ1v) is 11.0. The second-order valence-electron chi connectivity index (χ2n) is 8.15. The molecule has 0 fully saturated rings. The molecule has 0 spiro atoms. The molecule has 0 radical (unpaired) electrons. The first-order valence-electron chi connectivity index (χ1n) is 11.0. The third kappa shape index (κ3) is 4.12. The molecule has 8 heteroatoms. The summed E-state index contributed by atoms with van der Waals surface area (Å²) in [6, 6.07) is 10.1. The normalized spacial score (nSPS) is 19.4. The summed E-state index contributed by atoms with van der Waals surface area (Å²) in [6.07, 6.45) is 1.77. The Morgan fingerprint density at radius 3 is 2.59 bits per heavy atom. The van der Waals surface area contributed by atoms with Crippen LogP contribution in [0.2, 0.25) is 0 Å². The fourth-order valence-corrected chi connectivity index (χ4v) is 4.42. The maximum atomic E-state index is 13.6. The van der Waals surface area contributed by atoms with Crippen molar-refractivity contribution in [2.24, 2.45) is 0 Å². The summed E-state index contributed by atoms with van der Waals surface area (Å²) < 4.78 is 15.9. The summed E-state index contributed by atoms with van der Waals surface area (Å²) in [5.41, 5.74) is 3.19. The first kappa shape index (κ1) is 23.4. The minimum atomic E-state index is -1.36. The number of nitrogens with zero attached hydrogens (tertiary/aromatic N) is 2. The lowest BCUT2D eigenvalue weighted by Gasteiger charge is -2.37. The highest BCUT2D eigenvalue weighted by molar-refractivity contribution is 6.06. The predicted molar refractivity (Wildman–Crippen MR) is 128 cm³/mol. The molecule has 2 aliphatic heterocycles. The van der Waals surface area contributed by atoms with Gasteiger partial charge in [0.05, 0.1) is 31.5 Å². The molecule has 4 rings (SSSR count). The second kappa shape index (κ2) is 9.61. The number of aliphatic hydroxyl groups excluding tert-OH is 1. The fourth-order valence-electron chi connectivity index (χ4n) is 4.42. The number of aliphatic hydroxyl groups is 1. The molecule has 0 aliphatic carbocycles. The van der Waals surface area contributed by atoms with E-state index in [4.69, 9.17) is 14.2 Å². The van der Waals surface area contributed by atoms with Crippen LogP contribution in [0.25, 0.3) is 5.57 Å². The number of hydrogen-bond acceptors (Lipinski definition) is 6. The number of carbonyl (C=O) groups is 2. The number of hydrogen-bond donors (Lipinski definition) is 1. The van der Waals surface area contributed by atoms with Crippen molar-refractivity contribution in [2.45, 2.75) is 25.6 Å². The quantitative estimate of drug-likeness (QED) is 0.678. The van der Waals surface area contributed by atoms with Crippen LogP contribution in [0, 0.1) is 6.92 Å². The number of carbonyl (C=O) groups excluding carboxylic acids is 2. The summed E-state index contributed by atoms with van der Waals surface area (Å²) in [5, 5.41) is 11.5. The topological polar surface area (TPSA) is 88.5 Å². The zero-order chi connectivity index (χ0) is 24.4. The lowest BCUT2D eigenvalue weighted by atomic mass is 9.94. The van der Waals surface area contributed by atoms with E-state index in [1.54, 1.807) is 24.1 Å². The molecular weight excluding hydrogens is 436 g/mol. The highest BCUT2D eigenvalue weighted by Crippen LogP contribution is 2.38. The molecule has 1 N–H and O–H groups in total. The number of fused-ring (bicyclic) bond motifs is 2. The second-order valence-corrected chi connectivity index (χ2v) is 8.15. The molecule has 178 valence electrons.